The Kier molecular flexibility index (Phi) is 4.37. The highest BCUT2D eigenvalue weighted by molar-refractivity contribution is 5.82. The lowest BCUT2D eigenvalue weighted by Crippen LogP contribution is -2.43. The van der Waals surface area contributed by atoms with Crippen molar-refractivity contribution in [1.29, 1.82) is 0 Å². The molecule has 1 atom stereocenters. The van der Waals surface area contributed by atoms with Gasteiger partial charge in [0.2, 0.25) is 5.91 Å². The standard InChI is InChI=1S/C12H22N2O3/c1-9-6-5-7-14(9)10(15)8-13-11(16)17-12(2,3)4/h9H,5-8H2,1-4H3,(H,13,16)/t9-/m1/s1. The van der Waals surface area contributed by atoms with Gasteiger partial charge in [-0.2, -0.15) is 0 Å². The average Bonchev–Trinajstić information content (AvgIpc) is 2.58. The second-order valence-corrected chi connectivity index (χ2v) is 5.43. The summed E-state index contributed by atoms with van der Waals surface area (Å²) in [5.74, 6) is -0.0409. The second kappa shape index (κ2) is 5.38. The van der Waals surface area contributed by atoms with Crippen molar-refractivity contribution in [3.05, 3.63) is 0 Å². The lowest BCUT2D eigenvalue weighted by Gasteiger charge is -2.23. The summed E-state index contributed by atoms with van der Waals surface area (Å²) in [6.07, 6.45) is 1.54. The van der Waals surface area contributed by atoms with Crippen LogP contribution in [0.25, 0.3) is 0 Å². The number of ether oxygens (including phenoxy) is 1. The summed E-state index contributed by atoms with van der Waals surface area (Å²) in [5, 5.41) is 2.48. The van der Waals surface area contributed by atoms with Crippen molar-refractivity contribution in [2.75, 3.05) is 13.1 Å². The molecule has 0 aromatic heterocycles. The highest BCUT2D eigenvalue weighted by Gasteiger charge is 2.25. The maximum Gasteiger partial charge on any atom is 0.408 e. The molecule has 17 heavy (non-hydrogen) atoms. The van der Waals surface area contributed by atoms with Gasteiger partial charge >= 0.3 is 6.09 Å². The van der Waals surface area contributed by atoms with Gasteiger partial charge in [-0.15, -0.1) is 0 Å². The van der Waals surface area contributed by atoms with Gasteiger partial charge in [-0.05, 0) is 40.5 Å². The molecule has 2 amide bonds. The number of carbonyl (C=O) groups is 2. The van der Waals surface area contributed by atoms with Crippen LogP contribution in [-0.2, 0) is 9.53 Å². The average molecular weight is 242 g/mol. The zero-order chi connectivity index (χ0) is 13.1. The van der Waals surface area contributed by atoms with E-state index in [0.717, 1.165) is 19.4 Å². The molecule has 0 aromatic rings. The van der Waals surface area contributed by atoms with Gasteiger partial charge in [-0.3, -0.25) is 4.79 Å². The molecule has 1 aliphatic rings. The van der Waals surface area contributed by atoms with Crippen molar-refractivity contribution in [2.45, 2.75) is 52.2 Å². The third kappa shape index (κ3) is 4.63. The Labute approximate surface area is 102 Å². The minimum atomic E-state index is -0.544. The van der Waals surface area contributed by atoms with Crippen molar-refractivity contribution >= 4 is 12.0 Å². The topological polar surface area (TPSA) is 58.6 Å². The fourth-order valence-corrected chi connectivity index (χ4v) is 1.87. The quantitative estimate of drug-likeness (QED) is 0.798. The molecule has 1 rings (SSSR count). The third-order valence-corrected chi connectivity index (χ3v) is 2.66. The molecule has 1 heterocycles. The zero-order valence-corrected chi connectivity index (χ0v) is 11.1. The Morgan fingerprint density at radius 1 is 1.41 bits per heavy atom. The molecule has 1 N–H and O–H groups in total. The molecular weight excluding hydrogens is 220 g/mol. The number of alkyl carbamates (subject to hydrolysis) is 1. The number of rotatable bonds is 2. The Morgan fingerprint density at radius 2 is 2.06 bits per heavy atom. The normalized spacial score (nSPS) is 20.2. The van der Waals surface area contributed by atoms with E-state index >= 15 is 0 Å². The molecule has 0 spiro atoms. The van der Waals surface area contributed by atoms with Crippen molar-refractivity contribution in [2.24, 2.45) is 0 Å². The van der Waals surface area contributed by atoms with Crippen LogP contribution < -0.4 is 5.32 Å². The maximum absolute atomic E-state index is 11.8. The van der Waals surface area contributed by atoms with Gasteiger partial charge in [0.05, 0.1) is 0 Å². The Hall–Kier alpha value is -1.26. The van der Waals surface area contributed by atoms with Gasteiger partial charge in [-0.25, -0.2) is 4.79 Å². The SMILES string of the molecule is C[C@@H]1CCCN1C(=O)CNC(=O)OC(C)(C)C. The largest absolute Gasteiger partial charge is 0.444 e. The number of nitrogens with one attached hydrogen (secondary N) is 1. The number of amides is 2. The van der Waals surface area contributed by atoms with E-state index in [0.29, 0.717) is 0 Å². The van der Waals surface area contributed by atoms with E-state index in [-0.39, 0.29) is 18.5 Å². The van der Waals surface area contributed by atoms with Crippen LogP contribution in [-0.4, -0.2) is 41.6 Å². The first kappa shape index (κ1) is 13.8. The van der Waals surface area contributed by atoms with E-state index in [9.17, 15) is 9.59 Å². The summed E-state index contributed by atoms with van der Waals surface area (Å²) in [7, 11) is 0. The number of hydrogen-bond donors (Lipinski definition) is 1. The van der Waals surface area contributed by atoms with Crippen LogP contribution in [0.4, 0.5) is 4.79 Å². The van der Waals surface area contributed by atoms with Crippen LogP contribution in [0.2, 0.25) is 0 Å². The molecular formula is C12H22N2O3. The molecule has 5 heteroatoms. The molecule has 0 radical (unpaired) electrons. The van der Waals surface area contributed by atoms with Crippen molar-refractivity contribution in [1.82, 2.24) is 10.2 Å². The highest BCUT2D eigenvalue weighted by Crippen LogP contribution is 2.15. The number of carbonyl (C=O) groups excluding carboxylic acids is 2. The van der Waals surface area contributed by atoms with Gasteiger partial charge in [0.1, 0.15) is 12.1 Å². The summed E-state index contributed by atoms with van der Waals surface area (Å²) < 4.78 is 5.06. The molecule has 5 nitrogen and oxygen atoms in total. The maximum atomic E-state index is 11.8. The fourth-order valence-electron chi connectivity index (χ4n) is 1.87. The van der Waals surface area contributed by atoms with Gasteiger partial charge < -0.3 is 15.0 Å². The van der Waals surface area contributed by atoms with E-state index in [1.165, 1.54) is 0 Å². The molecule has 1 saturated heterocycles. The number of likely N-dealkylation sites (tertiary alicyclic amines) is 1. The van der Waals surface area contributed by atoms with E-state index in [1.54, 1.807) is 25.7 Å². The number of nitrogens with zero attached hydrogens (tertiary/aromatic N) is 1. The van der Waals surface area contributed by atoms with Crippen LogP contribution in [0, 0.1) is 0 Å². The van der Waals surface area contributed by atoms with Gasteiger partial charge in [0.25, 0.3) is 0 Å². The monoisotopic (exact) mass is 242 g/mol. The zero-order valence-electron chi connectivity index (χ0n) is 11.1. The predicted molar refractivity (Wildman–Crippen MR) is 64.6 cm³/mol. The summed E-state index contributed by atoms with van der Waals surface area (Å²) in [6, 6.07) is 0.280. The van der Waals surface area contributed by atoms with Crippen LogP contribution in [0.5, 0.6) is 0 Å². The van der Waals surface area contributed by atoms with Gasteiger partial charge in [-0.1, -0.05) is 0 Å². The molecule has 1 fully saturated rings. The van der Waals surface area contributed by atoms with E-state index in [2.05, 4.69) is 5.32 Å². The van der Waals surface area contributed by atoms with Crippen molar-refractivity contribution in [3.8, 4) is 0 Å². The summed E-state index contributed by atoms with van der Waals surface area (Å²) in [5.41, 5.74) is -0.534. The molecule has 0 aliphatic carbocycles. The molecule has 0 bridgehead atoms. The van der Waals surface area contributed by atoms with E-state index < -0.39 is 11.7 Å². The van der Waals surface area contributed by atoms with Crippen LogP contribution >= 0.6 is 0 Å². The lowest BCUT2D eigenvalue weighted by atomic mass is 10.2. The van der Waals surface area contributed by atoms with Gasteiger partial charge in [0, 0.05) is 12.6 Å². The summed E-state index contributed by atoms with van der Waals surface area (Å²) in [6.45, 7) is 8.19. The summed E-state index contributed by atoms with van der Waals surface area (Å²) in [4.78, 5) is 24.9. The first-order valence-corrected chi connectivity index (χ1v) is 6.06. The Morgan fingerprint density at radius 3 is 2.53 bits per heavy atom. The van der Waals surface area contributed by atoms with Crippen molar-refractivity contribution in [3.63, 3.8) is 0 Å². The predicted octanol–water partition coefficient (Wildman–Crippen LogP) is 1.52. The van der Waals surface area contributed by atoms with E-state index in [4.69, 9.17) is 4.74 Å². The third-order valence-electron chi connectivity index (χ3n) is 2.66. The molecule has 0 saturated carbocycles. The van der Waals surface area contributed by atoms with Crippen LogP contribution in [0.3, 0.4) is 0 Å². The molecule has 1 aliphatic heterocycles. The molecule has 0 aromatic carbocycles. The minimum Gasteiger partial charge on any atom is -0.444 e. The smallest absolute Gasteiger partial charge is 0.408 e. The molecule has 98 valence electrons. The fraction of sp³-hybridized carbons (Fsp3) is 0.833. The molecule has 0 unspecified atom stereocenters. The lowest BCUT2D eigenvalue weighted by molar-refractivity contribution is -0.130. The van der Waals surface area contributed by atoms with E-state index in [1.807, 2.05) is 6.92 Å². The summed E-state index contributed by atoms with van der Waals surface area (Å²) >= 11 is 0. The van der Waals surface area contributed by atoms with Crippen LogP contribution in [0.1, 0.15) is 40.5 Å². The highest BCUT2D eigenvalue weighted by atomic mass is 16.6. The first-order valence-electron chi connectivity index (χ1n) is 6.06. The Balaban J connectivity index is 2.31. The second-order valence-electron chi connectivity index (χ2n) is 5.43. The number of hydrogen-bond acceptors (Lipinski definition) is 3. The van der Waals surface area contributed by atoms with Crippen molar-refractivity contribution < 1.29 is 14.3 Å². The minimum absolute atomic E-state index is 0.0131. The first-order chi connectivity index (χ1) is 7.79. The van der Waals surface area contributed by atoms with Crippen LogP contribution in [0.15, 0.2) is 0 Å². The van der Waals surface area contributed by atoms with Gasteiger partial charge in [0.15, 0.2) is 0 Å². The Bertz CT molecular complexity index is 297.